The van der Waals surface area contributed by atoms with Crippen LogP contribution < -0.4 is 5.32 Å². The van der Waals surface area contributed by atoms with Crippen LogP contribution in [0, 0.1) is 11.8 Å². The van der Waals surface area contributed by atoms with Gasteiger partial charge in [-0.3, -0.25) is 4.79 Å². The number of hydrogen-bond acceptors (Lipinski definition) is 3. The van der Waals surface area contributed by atoms with Crippen molar-refractivity contribution >= 4 is 5.97 Å². The average molecular weight is 181 g/mol. The number of ether oxygens (including phenoxy) is 1. The summed E-state index contributed by atoms with van der Waals surface area (Å²) in [6.07, 6.45) is 7.42. The molecule has 1 heterocycles. The molecule has 3 atom stereocenters. The van der Waals surface area contributed by atoms with Crippen LogP contribution in [-0.2, 0) is 9.53 Å². The Balaban J connectivity index is 2.07. The molecule has 1 aliphatic carbocycles. The summed E-state index contributed by atoms with van der Waals surface area (Å²) in [6, 6.07) is 0.293. The number of fused-ring (bicyclic) bond motifs is 1. The third-order valence-electron chi connectivity index (χ3n) is 3.08. The van der Waals surface area contributed by atoms with Crippen LogP contribution in [-0.4, -0.2) is 19.1 Å². The average Bonchev–Trinajstić information content (AvgIpc) is 2.63. The zero-order valence-corrected chi connectivity index (χ0v) is 7.82. The molecule has 3 heteroatoms. The fraction of sp³-hybridized carbons (Fsp3) is 0.700. The molecule has 3 nitrogen and oxygen atoms in total. The highest BCUT2D eigenvalue weighted by molar-refractivity contribution is 5.73. The van der Waals surface area contributed by atoms with Gasteiger partial charge in [-0.25, -0.2) is 0 Å². The first kappa shape index (κ1) is 8.60. The van der Waals surface area contributed by atoms with E-state index in [9.17, 15) is 4.79 Å². The van der Waals surface area contributed by atoms with Crippen molar-refractivity contribution in [2.24, 2.45) is 11.8 Å². The maximum Gasteiger partial charge on any atom is 0.310 e. The SMILES string of the molecule is COC(=O)C1CCCC2C=CNC21. The van der Waals surface area contributed by atoms with Crippen LogP contribution >= 0.6 is 0 Å². The predicted octanol–water partition coefficient (Wildman–Crippen LogP) is 1.06. The highest BCUT2D eigenvalue weighted by Crippen LogP contribution is 2.33. The third-order valence-corrected chi connectivity index (χ3v) is 3.08. The topological polar surface area (TPSA) is 38.3 Å². The zero-order valence-electron chi connectivity index (χ0n) is 7.82. The number of nitrogens with one attached hydrogen (secondary N) is 1. The van der Waals surface area contributed by atoms with Crippen LogP contribution in [0.2, 0.25) is 0 Å². The highest BCUT2D eigenvalue weighted by Gasteiger charge is 2.38. The molecule has 1 N–H and O–H groups in total. The summed E-state index contributed by atoms with van der Waals surface area (Å²) in [7, 11) is 1.47. The van der Waals surface area contributed by atoms with Gasteiger partial charge in [-0.1, -0.05) is 12.5 Å². The van der Waals surface area contributed by atoms with Gasteiger partial charge in [-0.05, 0) is 25.0 Å². The molecule has 0 aromatic rings. The van der Waals surface area contributed by atoms with Crippen molar-refractivity contribution in [3.63, 3.8) is 0 Å². The van der Waals surface area contributed by atoms with Crippen molar-refractivity contribution in [1.82, 2.24) is 5.32 Å². The van der Waals surface area contributed by atoms with Gasteiger partial charge in [0.2, 0.25) is 0 Å². The molecule has 0 saturated heterocycles. The monoisotopic (exact) mass is 181 g/mol. The van der Waals surface area contributed by atoms with Gasteiger partial charge >= 0.3 is 5.97 Å². The van der Waals surface area contributed by atoms with Crippen molar-refractivity contribution in [1.29, 1.82) is 0 Å². The van der Waals surface area contributed by atoms with E-state index in [1.807, 2.05) is 6.20 Å². The summed E-state index contributed by atoms with van der Waals surface area (Å²) < 4.78 is 4.79. The molecule has 3 unspecified atom stereocenters. The van der Waals surface area contributed by atoms with Crippen LogP contribution in [0.15, 0.2) is 12.3 Å². The normalized spacial score (nSPS) is 36.5. The second-order valence-electron chi connectivity index (χ2n) is 3.78. The summed E-state index contributed by atoms with van der Waals surface area (Å²) in [6.45, 7) is 0. The third kappa shape index (κ3) is 1.43. The second kappa shape index (κ2) is 3.40. The van der Waals surface area contributed by atoms with Crippen LogP contribution in [0.25, 0.3) is 0 Å². The Kier molecular flexibility index (Phi) is 2.25. The molecule has 0 spiro atoms. The van der Waals surface area contributed by atoms with E-state index in [1.165, 1.54) is 13.5 Å². The van der Waals surface area contributed by atoms with E-state index >= 15 is 0 Å². The van der Waals surface area contributed by atoms with Crippen molar-refractivity contribution in [2.45, 2.75) is 25.3 Å². The Morgan fingerprint density at radius 1 is 1.54 bits per heavy atom. The van der Waals surface area contributed by atoms with E-state index in [0.29, 0.717) is 12.0 Å². The molecule has 72 valence electrons. The number of methoxy groups -OCH3 is 1. The van der Waals surface area contributed by atoms with Gasteiger partial charge in [0.15, 0.2) is 0 Å². The lowest BCUT2D eigenvalue weighted by Crippen LogP contribution is -2.42. The number of carbonyl (C=O) groups excluding carboxylic acids is 1. The van der Waals surface area contributed by atoms with Gasteiger partial charge in [0.1, 0.15) is 0 Å². The Labute approximate surface area is 78.1 Å². The molecule has 0 aromatic heterocycles. The molecule has 0 bridgehead atoms. The first-order chi connectivity index (χ1) is 6.33. The second-order valence-corrected chi connectivity index (χ2v) is 3.78. The summed E-state index contributed by atoms with van der Waals surface area (Å²) in [5.41, 5.74) is 0. The van der Waals surface area contributed by atoms with Gasteiger partial charge in [-0.15, -0.1) is 0 Å². The van der Waals surface area contributed by atoms with Gasteiger partial charge in [-0.2, -0.15) is 0 Å². The van der Waals surface area contributed by atoms with Crippen LogP contribution in [0.5, 0.6) is 0 Å². The molecule has 2 aliphatic rings. The Hall–Kier alpha value is -0.990. The Bertz CT molecular complexity index is 237. The molecule has 2 rings (SSSR count). The minimum Gasteiger partial charge on any atom is -0.469 e. The van der Waals surface area contributed by atoms with Gasteiger partial charge in [0.25, 0.3) is 0 Å². The molecule has 0 radical (unpaired) electrons. The maximum atomic E-state index is 11.4. The summed E-state index contributed by atoms with van der Waals surface area (Å²) in [5.74, 6) is 0.530. The van der Waals surface area contributed by atoms with E-state index in [2.05, 4.69) is 11.4 Å². The quantitative estimate of drug-likeness (QED) is 0.615. The largest absolute Gasteiger partial charge is 0.469 e. The molecular formula is C10H15NO2. The van der Waals surface area contributed by atoms with Crippen molar-refractivity contribution < 1.29 is 9.53 Å². The molecule has 0 aromatic carbocycles. The maximum absolute atomic E-state index is 11.4. The summed E-state index contributed by atoms with van der Waals surface area (Å²) in [5, 5.41) is 3.24. The van der Waals surface area contributed by atoms with E-state index in [4.69, 9.17) is 4.74 Å². The van der Waals surface area contributed by atoms with Crippen molar-refractivity contribution in [2.75, 3.05) is 7.11 Å². The molecule has 1 fully saturated rings. The van der Waals surface area contributed by atoms with Gasteiger partial charge in [0.05, 0.1) is 13.0 Å². The highest BCUT2D eigenvalue weighted by atomic mass is 16.5. The van der Waals surface area contributed by atoms with E-state index in [-0.39, 0.29) is 11.9 Å². The zero-order chi connectivity index (χ0) is 9.26. The summed E-state index contributed by atoms with van der Waals surface area (Å²) >= 11 is 0. The molecule has 1 aliphatic heterocycles. The molecule has 1 saturated carbocycles. The molecular weight excluding hydrogens is 166 g/mol. The smallest absolute Gasteiger partial charge is 0.310 e. The van der Waals surface area contributed by atoms with Crippen LogP contribution in [0.4, 0.5) is 0 Å². The lowest BCUT2D eigenvalue weighted by molar-refractivity contribution is -0.147. The molecule has 13 heavy (non-hydrogen) atoms. The lowest BCUT2D eigenvalue weighted by Gasteiger charge is -2.31. The number of esters is 1. The fourth-order valence-electron chi connectivity index (χ4n) is 2.39. The van der Waals surface area contributed by atoms with Gasteiger partial charge < -0.3 is 10.1 Å². The van der Waals surface area contributed by atoms with Crippen molar-refractivity contribution in [3.8, 4) is 0 Å². The minimum absolute atomic E-state index is 0.0544. The Morgan fingerprint density at radius 2 is 2.38 bits per heavy atom. The number of hydrogen-bond donors (Lipinski definition) is 1. The van der Waals surface area contributed by atoms with E-state index < -0.39 is 0 Å². The van der Waals surface area contributed by atoms with Crippen LogP contribution in [0.1, 0.15) is 19.3 Å². The van der Waals surface area contributed by atoms with Crippen LogP contribution in [0.3, 0.4) is 0 Å². The predicted molar refractivity (Wildman–Crippen MR) is 48.9 cm³/mol. The fourth-order valence-corrected chi connectivity index (χ4v) is 2.39. The summed E-state index contributed by atoms with van der Waals surface area (Å²) in [4.78, 5) is 11.4. The minimum atomic E-state index is -0.0640. The van der Waals surface area contributed by atoms with Crippen molar-refractivity contribution in [3.05, 3.63) is 12.3 Å². The van der Waals surface area contributed by atoms with Gasteiger partial charge in [0, 0.05) is 6.04 Å². The molecule has 0 amide bonds. The standard InChI is InChI=1S/C10H15NO2/c1-13-10(12)8-4-2-3-7-5-6-11-9(7)8/h5-9,11H,2-4H2,1H3. The lowest BCUT2D eigenvalue weighted by atomic mass is 9.78. The first-order valence-electron chi connectivity index (χ1n) is 4.83. The van der Waals surface area contributed by atoms with E-state index in [0.717, 1.165) is 12.8 Å². The van der Waals surface area contributed by atoms with E-state index in [1.54, 1.807) is 0 Å². The Morgan fingerprint density at radius 3 is 3.15 bits per heavy atom. The first-order valence-corrected chi connectivity index (χ1v) is 4.83. The number of rotatable bonds is 1. The number of carbonyl (C=O) groups is 1.